The highest BCUT2D eigenvalue weighted by atomic mass is 16.3. The summed E-state index contributed by atoms with van der Waals surface area (Å²) in [5, 5.41) is 74.1. The molecule has 0 radical (unpaired) electrons. The Balaban J connectivity index is 1.21. The molecule has 10 aliphatic carbocycles. The average Bonchev–Trinajstić information content (AvgIpc) is 3.59. The van der Waals surface area contributed by atoms with E-state index in [2.05, 4.69) is 51.2 Å². The molecule has 7 fully saturated rings. The molecule has 6 N–H and O–H groups in total. The number of aldehydes is 1. The Morgan fingerprint density at radius 2 is 1.65 bits per heavy atom. The minimum absolute atomic E-state index is 0.0491. The van der Waals surface area contributed by atoms with Crippen molar-refractivity contribution in [1.82, 2.24) is 0 Å². The van der Waals surface area contributed by atoms with Crippen LogP contribution in [0.25, 0.3) is 12.2 Å². The van der Waals surface area contributed by atoms with Crippen LogP contribution in [0.1, 0.15) is 140 Å². The molecule has 7 saturated carbocycles. The summed E-state index contributed by atoms with van der Waals surface area (Å²) in [7, 11) is 0. The Morgan fingerprint density at radius 1 is 0.883 bits per heavy atom. The summed E-state index contributed by atoms with van der Waals surface area (Å²) in [5.41, 5.74) is -3.03. The molecular formula is C52H68O8. The number of rotatable bonds is 4. The Hall–Kier alpha value is -2.46. The fourth-order valence-corrected chi connectivity index (χ4v) is 19.9. The van der Waals surface area contributed by atoms with Gasteiger partial charge < -0.3 is 30.6 Å². The van der Waals surface area contributed by atoms with E-state index in [-0.39, 0.29) is 52.1 Å². The summed E-state index contributed by atoms with van der Waals surface area (Å²) in [6.07, 6.45) is 18.5. The number of carbonyl (C=O) groups is 2. The lowest BCUT2D eigenvalue weighted by molar-refractivity contribution is -0.339. The molecule has 0 aromatic heterocycles. The number of allylic oxidation sites excluding steroid dienone is 3. The molecule has 0 aliphatic heterocycles. The third-order valence-corrected chi connectivity index (χ3v) is 21.5. The third kappa shape index (κ3) is 4.23. The first kappa shape index (κ1) is 40.3. The zero-order chi connectivity index (χ0) is 42.4. The summed E-state index contributed by atoms with van der Waals surface area (Å²) in [6.45, 7) is 10.3. The fourth-order valence-electron chi connectivity index (χ4n) is 19.9. The van der Waals surface area contributed by atoms with E-state index in [1.165, 1.54) is 5.57 Å². The van der Waals surface area contributed by atoms with Crippen LogP contribution in [0, 0.1) is 79.3 Å². The van der Waals surface area contributed by atoms with E-state index in [0.29, 0.717) is 49.7 Å². The highest BCUT2D eigenvalue weighted by molar-refractivity contribution is 5.96. The molecule has 8 heteroatoms. The van der Waals surface area contributed by atoms with E-state index in [4.69, 9.17) is 0 Å². The molecule has 0 amide bonds. The average molecular weight is 821 g/mol. The van der Waals surface area contributed by atoms with E-state index in [0.717, 1.165) is 61.7 Å². The van der Waals surface area contributed by atoms with E-state index in [9.17, 15) is 35.4 Å². The molecule has 0 heterocycles. The monoisotopic (exact) mass is 820 g/mol. The molecule has 0 saturated heterocycles. The lowest BCUT2D eigenvalue weighted by Gasteiger charge is -2.81. The van der Waals surface area contributed by atoms with E-state index < -0.39 is 69.6 Å². The largest absolute Gasteiger partial charge is 0.394 e. The number of hydrogen-bond acceptors (Lipinski definition) is 8. The summed E-state index contributed by atoms with van der Waals surface area (Å²) < 4.78 is 0. The predicted octanol–water partition coefficient (Wildman–Crippen LogP) is 5.48. The number of hydrogen-bond donors (Lipinski definition) is 6. The van der Waals surface area contributed by atoms with Gasteiger partial charge in [-0.2, -0.15) is 0 Å². The molecule has 4 bridgehead atoms. The Bertz CT molecular complexity index is 2250. The molecular weight excluding hydrogens is 753 g/mol. The van der Waals surface area contributed by atoms with E-state index >= 15 is 4.79 Å². The smallest absolute Gasteiger partial charge is 0.159 e. The van der Waals surface area contributed by atoms with Crippen molar-refractivity contribution in [2.45, 2.75) is 148 Å². The quantitative estimate of drug-likeness (QED) is 0.173. The predicted molar refractivity (Wildman–Crippen MR) is 227 cm³/mol. The maximum atomic E-state index is 16.2. The Kier molecular flexibility index (Phi) is 8.34. The van der Waals surface area contributed by atoms with Crippen molar-refractivity contribution >= 4 is 24.2 Å². The normalized spacial score (nSPS) is 52.1. The lowest BCUT2D eigenvalue weighted by Crippen LogP contribution is -2.82. The van der Waals surface area contributed by atoms with E-state index in [1.807, 2.05) is 13.0 Å². The van der Waals surface area contributed by atoms with Crippen molar-refractivity contribution in [3.63, 3.8) is 0 Å². The number of carbonyl (C=O) groups excluding carboxylic acids is 2. The first-order valence-corrected chi connectivity index (χ1v) is 23.7. The number of benzene rings is 1. The molecule has 324 valence electrons. The van der Waals surface area contributed by atoms with Crippen molar-refractivity contribution in [2.24, 2.45) is 79.3 Å². The zero-order valence-electron chi connectivity index (χ0n) is 36.4. The fraction of sp³-hybridized carbons (Fsp3) is 0.731. The lowest BCUT2D eigenvalue weighted by atomic mass is 9.23. The second-order valence-corrected chi connectivity index (χ2v) is 23.5. The molecule has 10 aliphatic rings. The minimum atomic E-state index is -1.27. The SMILES string of the molecule is CC(O)c1cc(C=O)c2c(c1)=CC1C(C=2)CCC23CCC4C(C)(C(O)CO)C(O)CCC14C2C(=O)C=C1C2CC(C)(C)CC45CCCC4C=CC4(O)C(CCC(O)C245)C13C. The van der Waals surface area contributed by atoms with Gasteiger partial charge in [-0.3, -0.25) is 9.59 Å². The highest BCUT2D eigenvalue weighted by Crippen LogP contribution is 2.87. The highest BCUT2D eigenvalue weighted by Gasteiger charge is 2.86. The van der Waals surface area contributed by atoms with Crippen molar-refractivity contribution in [1.29, 1.82) is 0 Å². The minimum Gasteiger partial charge on any atom is -0.394 e. The van der Waals surface area contributed by atoms with Gasteiger partial charge in [-0.05, 0) is 169 Å². The maximum Gasteiger partial charge on any atom is 0.159 e. The second-order valence-electron chi connectivity index (χ2n) is 23.5. The number of ketones is 1. The topological polar surface area (TPSA) is 156 Å². The van der Waals surface area contributed by atoms with Crippen molar-refractivity contribution in [2.75, 3.05) is 6.61 Å². The van der Waals surface area contributed by atoms with Crippen LogP contribution >= 0.6 is 0 Å². The van der Waals surface area contributed by atoms with Crippen LogP contribution in [0.5, 0.6) is 0 Å². The van der Waals surface area contributed by atoms with Crippen LogP contribution in [0.15, 0.2) is 35.9 Å². The summed E-state index contributed by atoms with van der Waals surface area (Å²) >= 11 is 0. The van der Waals surface area contributed by atoms with Gasteiger partial charge in [0.05, 0.1) is 36.6 Å². The second kappa shape index (κ2) is 12.4. The molecule has 3 spiro atoms. The van der Waals surface area contributed by atoms with Gasteiger partial charge in [0, 0.05) is 33.6 Å². The Morgan fingerprint density at radius 3 is 2.38 bits per heavy atom. The molecule has 18 unspecified atom stereocenters. The van der Waals surface area contributed by atoms with Gasteiger partial charge in [0.25, 0.3) is 0 Å². The van der Waals surface area contributed by atoms with E-state index in [1.54, 1.807) is 13.0 Å². The first-order valence-electron chi connectivity index (χ1n) is 23.7. The van der Waals surface area contributed by atoms with Gasteiger partial charge in [-0.1, -0.05) is 64.0 Å². The van der Waals surface area contributed by atoms with Crippen molar-refractivity contribution in [3.05, 3.63) is 57.5 Å². The van der Waals surface area contributed by atoms with Crippen LogP contribution in [-0.2, 0) is 4.79 Å². The van der Waals surface area contributed by atoms with Gasteiger partial charge in [0.2, 0.25) is 0 Å². The number of fused-ring (bicyclic) bond motifs is 5. The maximum absolute atomic E-state index is 16.2. The van der Waals surface area contributed by atoms with Crippen molar-refractivity contribution < 1.29 is 40.2 Å². The molecule has 11 rings (SSSR count). The Labute approximate surface area is 354 Å². The molecule has 18 atom stereocenters. The van der Waals surface area contributed by atoms with Gasteiger partial charge in [0.1, 0.15) is 0 Å². The summed E-state index contributed by atoms with van der Waals surface area (Å²) in [4.78, 5) is 29.0. The molecule has 8 nitrogen and oxygen atoms in total. The van der Waals surface area contributed by atoms with Gasteiger partial charge >= 0.3 is 0 Å². The van der Waals surface area contributed by atoms with Crippen LogP contribution < -0.4 is 10.4 Å². The molecule has 1 aromatic rings. The van der Waals surface area contributed by atoms with Gasteiger partial charge in [0.15, 0.2) is 12.1 Å². The first-order chi connectivity index (χ1) is 28.4. The van der Waals surface area contributed by atoms with Crippen molar-refractivity contribution in [3.8, 4) is 0 Å². The summed E-state index contributed by atoms with van der Waals surface area (Å²) in [5.74, 6) is -1.02. The van der Waals surface area contributed by atoms with Crippen LogP contribution in [-0.4, -0.2) is 73.2 Å². The third-order valence-electron chi connectivity index (χ3n) is 21.5. The summed E-state index contributed by atoms with van der Waals surface area (Å²) in [6, 6.07) is 3.78. The zero-order valence-corrected chi connectivity index (χ0v) is 36.4. The molecule has 1 aromatic carbocycles. The van der Waals surface area contributed by atoms with Gasteiger partial charge in [-0.25, -0.2) is 0 Å². The standard InChI is InChI=1S/C52H68O8/c1-28(55)30-19-31-22-35-29(21-34(31)32(20-30)25-53)10-15-48-16-12-39-46(4,43(59)26-54)41(57)13-17-50(35,39)44(48)38(56)23-36-37-24-45(2,3)27-49-14-6-7-33(49)11-18-51(60)40(47(36,48)5)8-9-42(58)52(37,49)51/h11,18-23,25,28-29,33,35,37,39-44,54-55,57-60H,6-10,12-17,24,26-27H2,1-5H3. The van der Waals surface area contributed by atoms with Crippen LogP contribution in [0.2, 0.25) is 0 Å². The van der Waals surface area contributed by atoms with Crippen LogP contribution in [0.3, 0.4) is 0 Å². The van der Waals surface area contributed by atoms with Gasteiger partial charge in [-0.15, -0.1) is 0 Å². The molecule has 60 heavy (non-hydrogen) atoms. The number of aliphatic hydroxyl groups is 6. The van der Waals surface area contributed by atoms with Crippen LogP contribution in [0.4, 0.5) is 0 Å². The number of aliphatic hydroxyl groups excluding tert-OH is 5.